The quantitative estimate of drug-likeness (QED) is 0.746. The van der Waals surface area contributed by atoms with Crippen LogP contribution in [0.15, 0.2) is 42.5 Å². The molecule has 0 bridgehead atoms. The third-order valence-corrected chi connectivity index (χ3v) is 7.21. The molecule has 1 amide bonds. The van der Waals surface area contributed by atoms with E-state index in [1.807, 2.05) is 31.2 Å². The van der Waals surface area contributed by atoms with E-state index in [4.69, 9.17) is 16.3 Å². The number of benzene rings is 2. The van der Waals surface area contributed by atoms with E-state index in [9.17, 15) is 13.2 Å². The predicted molar refractivity (Wildman–Crippen MR) is 115 cm³/mol. The van der Waals surface area contributed by atoms with E-state index in [0.29, 0.717) is 42.4 Å². The molecule has 156 valence electrons. The lowest BCUT2D eigenvalue weighted by Crippen LogP contribution is -2.41. The van der Waals surface area contributed by atoms with Gasteiger partial charge in [-0.1, -0.05) is 41.4 Å². The van der Waals surface area contributed by atoms with Crippen molar-refractivity contribution in [3.05, 3.63) is 58.6 Å². The van der Waals surface area contributed by atoms with E-state index in [2.05, 4.69) is 5.32 Å². The van der Waals surface area contributed by atoms with Gasteiger partial charge in [0.05, 0.1) is 17.9 Å². The van der Waals surface area contributed by atoms with Crippen LogP contribution in [-0.2, 0) is 20.6 Å². The third kappa shape index (κ3) is 5.50. The van der Waals surface area contributed by atoms with Crippen LogP contribution in [-0.4, -0.2) is 38.8 Å². The average molecular weight is 437 g/mol. The minimum atomic E-state index is -3.40. The van der Waals surface area contributed by atoms with Crippen molar-refractivity contribution in [1.82, 2.24) is 4.31 Å². The molecule has 0 aromatic heterocycles. The molecule has 1 aliphatic heterocycles. The molecule has 1 heterocycles. The number of aryl methyl sites for hydroxylation is 1. The van der Waals surface area contributed by atoms with Gasteiger partial charge >= 0.3 is 0 Å². The van der Waals surface area contributed by atoms with Crippen molar-refractivity contribution in [3.63, 3.8) is 0 Å². The molecule has 0 saturated carbocycles. The Kier molecular flexibility index (Phi) is 6.82. The van der Waals surface area contributed by atoms with Crippen LogP contribution in [0.1, 0.15) is 24.0 Å². The maximum Gasteiger partial charge on any atom is 0.227 e. The van der Waals surface area contributed by atoms with Crippen LogP contribution in [0.2, 0.25) is 5.02 Å². The number of piperidine rings is 1. The summed E-state index contributed by atoms with van der Waals surface area (Å²) in [7, 11) is -1.88. The molecule has 0 aliphatic carbocycles. The minimum Gasteiger partial charge on any atom is -0.495 e. The van der Waals surface area contributed by atoms with Gasteiger partial charge < -0.3 is 10.1 Å². The smallest absolute Gasteiger partial charge is 0.227 e. The molecule has 29 heavy (non-hydrogen) atoms. The number of nitrogens with zero attached hydrogens (tertiary/aromatic N) is 1. The van der Waals surface area contributed by atoms with Crippen molar-refractivity contribution in [2.24, 2.45) is 5.92 Å². The fraction of sp³-hybridized carbons (Fsp3) is 0.381. The average Bonchev–Trinajstić information content (AvgIpc) is 2.68. The number of hydrogen-bond acceptors (Lipinski definition) is 4. The van der Waals surface area contributed by atoms with Crippen LogP contribution < -0.4 is 10.1 Å². The third-order valence-electron chi connectivity index (χ3n) is 5.07. The first kappa shape index (κ1) is 21.6. The highest BCUT2D eigenvalue weighted by Crippen LogP contribution is 2.28. The van der Waals surface area contributed by atoms with Gasteiger partial charge in [0, 0.05) is 24.7 Å². The molecule has 2 aromatic carbocycles. The first-order valence-electron chi connectivity index (χ1n) is 9.46. The van der Waals surface area contributed by atoms with Crippen LogP contribution >= 0.6 is 11.6 Å². The second-order valence-corrected chi connectivity index (χ2v) is 9.63. The number of rotatable bonds is 6. The molecule has 8 heteroatoms. The summed E-state index contributed by atoms with van der Waals surface area (Å²) in [5, 5.41) is 3.28. The Hall–Kier alpha value is -2.09. The van der Waals surface area contributed by atoms with Crippen LogP contribution in [0.4, 0.5) is 5.69 Å². The Bertz CT molecular complexity index is 986. The summed E-state index contributed by atoms with van der Waals surface area (Å²) in [5.74, 6) is 0.163. The molecule has 1 fully saturated rings. The number of anilines is 1. The predicted octanol–water partition coefficient (Wildman–Crippen LogP) is 3.84. The molecule has 0 radical (unpaired) electrons. The van der Waals surface area contributed by atoms with Crippen LogP contribution in [0, 0.1) is 12.8 Å². The molecule has 6 nitrogen and oxygen atoms in total. The molecule has 0 spiro atoms. The van der Waals surface area contributed by atoms with E-state index < -0.39 is 10.0 Å². The zero-order valence-corrected chi connectivity index (χ0v) is 18.1. The van der Waals surface area contributed by atoms with E-state index in [0.717, 1.165) is 11.1 Å². The van der Waals surface area contributed by atoms with Crippen molar-refractivity contribution in [1.29, 1.82) is 0 Å². The number of halogens is 1. The molecule has 0 unspecified atom stereocenters. The van der Waals surface area contributed by atoms with Gasteiger partial charge in [-0.05, 0) is 43.5 Å². The monoisotopic (exact) mass is 436 g/mol. The molecule has 1 aliphatic rings. The number of carbonyl (C=O) groups is 1. The summed E-state index contributed by atoms with van der Waals surface area (Å²) in [6.45, 7) is 2.63. The number of methoxy groups -OCH3 is 1. The first-order valence-corrected chi connectivity index (χ1v) is 11.4. The molecular formula is C21H25ClN2O4S. The van der Waals surface area contributed by atoms with Crippen LogP contribution in [0.3, 0.4) is 0 Å². The van der Waals surface area contributed by atoms with Gasteiger partial charge in [-0.25, -0.2) is 12.7 Å². The first-order chi connectivity index (χ1) is 13.8. The highest BCUT2D eigenvalue weighted by molar-refractivity contribution is 7.88. The molecule has 3 rings (SSSR count). The largest absolute Gasteiger partial charge is 0.495 e. The van der Waals surface area contributed by atoms with Gasteiger partial charge in [-0.3, -0.25) is 4.79 Å². The van der Waals surface area contributed by atoms with E-state index >= 15 is 0 Å². The van der Waals surface area contributed by atoms with Gasteiger partial charge in [0.2, 0.25) is 15.9 Å². The molecule has 1 saturated heterocycles. The molecule has 2 aromatic rings. The Morgan fingerprint density at radius 1 is 1.21 bits per heavy atom. The van der Waals surface area contributed by atoms with E-state index in [-0.39, 0.29) is 17.6 Å². The van der Waals surface area contributed by atoms with E-state index in [1.54, 1.807) is 18.2 Å². The lowest BCUT2D eigenvalue weighted by Gasteiger charge is -2.30. The standard InChI is InChI=1S/C21H25ClN2O4S/c1-15-4-3-5-16(12-15)14-29(26,27)24-10-8-17(9-11-24)21(25)23-18-6-7-20(28-2)19(22)13-18/h3-7,12-13,17H,8-11,14H2,1-2H3,(H,23,25). The normalized spacial score (nSPS) is 15.8. The van der Waals surface area contributed by atoms with Gasteiger partial charge in [-0.2, -0.15) is 0 Å². The SMILES string of the molecule is COc1ccc(NC(=O)C2CCN(S(=O)(=O)Cc3cccc(C)c3)CC2)cc1Cl. The number of carbonyl (C=O) groups excluding carboxylic acids is 1. The number of sulfonamides is 1. The highest BCUT2D eigenvalue weighted by atomic mass is 35.5. The number of amides is 1. The lowest BCUT2D eigenvalue weighted by atomic mass is 9.97. The summed E-state index contributed by atoms with van der Waals surface area (Å²) in [6.07, 6.45) is 0.978. The van der Waals surface area contributed by atoms with Crippen molar-refractivity contribution >= 4 is 33.2 Å². The van der Waals surface area contributed by atoms with Crippen LogP contribution in [0.5, 0.6) is 5.75 Å². The summed E-state index contributed by atoms with van der Waals surface area (Å²) in [4.78, 5) is 12.6. The zero-order valence-electron chi connectivity index (χ0n) is 16.5. The van der Waals surface area contributed by atoms with Gasteiger partial charge in [0.25, 0.3) is 0 Å². The number of hydrogen-bond donors (Lipinski definition) is 1. The molecular weight excluding hydrogens is 412 g/mol. The summed E-state index contributed by atoms with van der Waals surface area (Å²) in [5.41, 5.74) is 2.41. The Labute approximate surface area is 176 Å². The fourth-order valence-electron chi connectivity index (χ4n) is 3.49. The number of nitrogens with one attached hydrogen (secondary N) is 1. The minimum absolute atomic E-state index is 0.0180. The van der Waals surface area contributed by atoms with Crippen molar-refractivity contribution in [2.75, 3.05) is 25.5 Å². The number of ether oxygens (including phenoxy) is 1. The Morgan fingerprint density at radius 2 is 1.93 bits per heavy atom. The maximum absolute atomic E-state index is 12.7. The molecule has 1 N–H and O–H groups in total. The second-order valence-electron chi connectivity index (χ2n) is 7.26. The van der Waals surface area contributed by atoms with E-state index in [1.165, 1.54) is 11.4 Å². The Morgan fingerprint density at radius 3 is 2.55 bits per heavy atom. The lowest BCUT2D eigenvalue weighted by molar-refractivity contribution is -0.120. The topological polar surface area (TPSA) is 75.7 Å². The fourth-order valence-corrected chi connectivity index (χ4v) is 5.30. The summed E-state index contributed by atoms with van der Waals surface area (Å²) < 4.78 is 32.1. The summed E-state index contributed by atoms with van der Waals surface area (Å²) >= 11 is 6.09. The second kappa shape index (κ2) is 9.15. The van der Waals surface area contributed by atoms with Crippen molar-refractivity contribution in [3.8, 4) is 5.75 Å². The molecule has 0 atom stereocenters. The zero-order chi connectivity index (χ0) is 21.0. The van der Waals surface area contributed by atoms with Gasteiger partial charge in [-0.15, -0.1) is 0 Å². The van der Waals surface area contributed by atoms with Crippen molar-refractivity contribution < 1.29 is 17.9 Å². The Balaban J connectivity index is 1.56. The highest BCUT2D eigenvalue weighted by Gasteiger charge is 2.31. The van der Waals surface area contributed by atoms with Crippen molar-refractivity contribution in [2.45, 2.75) is 25.5 Å². The summed E-state index contributed by atoms with van der Waals surface area (Å²) in [6, 6.07) is 12.6. The van der Waals surface area contributed by atoms with Crippen LogP contribution in [0.25, 0.3) is 0 Å². The van der Waals surface area contributed by atoms with Gasteiger partial charge in [0.15, 0.2) is 0 Å². The van der Waals surface area contributed by atoms with Gasteiger partial charge in [0.1, 0.15) is 5.75 Å². The maximum atomic E-state index is 12.7.